The maximum Gasteiger partial charge on any atom is 0.344 e. The van der Waals surface area contributed by atoms with E-state index in [4.69, 9.17) is 17.0 Å². The predicted molar refractivity (Wildman–Crippen MR) is 98.0 cm³/mol. The number of imide groups is 1. The molecule has 0 radical (unpaired) electrons. The third-order valence-electron chi connectivity index (χ3n) is 3.90. The fraction of sp³-hybridized carbons (Fsp3) is 0.438. The van der Waals surface area contributed by atoms with Crippen molar-refractivity contribution in [1.29, 1.82) is 0 Å². The van der Waals surface area contributed by atoms with Gasteiger partial charge in [0.05, 0.1) is 7.11 Å². The summed E-state index contributed by atoms with van der Waals surface area (Å²) in [7, 11) is 5.42. The molecule has 136 valence electrons. The Morgan fingerprint density at radius 2 is 2.12 bits per heavy atom. The summed E-state index contributed by atoms with van der Waals surface area (Å²) in [5.74, 6) is 0.163. The van der Waals surface area contributed by atoms with Gasteiger partial charge in [-0.2, -0.15) is 5.01 Å². The van der Waals surface area contributed by atoms with Crippen LogP contribution in [0.15, 0.2) is 24.3 Å². The highest BCUT2D eigenvalue weighted by Gasteiger charge is 2.49. The lowest BCUT2D eigenvalue weighted by Crippen LogP contribution is -2.51. The van der Waals surface area contributed by atoms with Crippen molar-refractivity contribution in [3.63, 3.8) is 0 Å². The average molecular weight is 365 g/mol. The topological polar surface area (TPSA) is 85.9 Å². The van der Waals surface area contributed by atoms with Gasteiger partial charge in [-0.05, 0) is 50.9 Å². The molecule has 8 nitrogen and oxygen atoms in total. The van der Waals surface area contributed by atoms with Crippen molar-refractivity contribution in [3.05, 3.63) is 29.8 Å². The van der Waals surface area contributed by atoms with Crippen LogP contribution in [0, 0.1) is 0 Å². The van der Waals surface area contributed by atoms with Crippen LogP contribution in [0.3, 0.4) is 0 Å². The molecule has 1 aromatic carbocycles. The van der Waals surface area contributed by atoms with Crippen molar-refractivity contribution in [2.75, 3.05) is 34.3 Å². The number of hydrogen-bond acceptors (Lipinski definition) is 5. The Labute approximate surface area is 152 Å². The van der Waals surface area contributed by atoms with Gasteiger partial charge in [-0.15, -0.1) is 0 Å². The van der Waals surface area contributed by atoms with Gasteiger partial charge in [0, 0.05) is 13.1 Å². The molecule has 1 aliphatic rings. The Hall–Kier alpha value is -2.39. The molecule has 1 atom stereocenters. The highest BCUT2D eigenvalue weighted by molar-refractivity contribution is 7.80. The minimum Gasteiger partial charge on any atom is -0.497 e. The lowest BCUT2D eigenvalue weighted by Gasteiger charge is -2.23. The van der Waals surface area contributed by atoms with E-state index in [1.165, 1.54) is 0 Å². The fourth-order valence-corrected chi connectivity index (χ4v) is 2.60. The molecular formula is C16H23N5O3S. The molecule has 0 saturated carbocycles. The molecule has 1 aromatic rings. The number of amides is 3. The molecule has 3 amide bonds. The summed E-state index contributed by atoms with van der Waals surface area (Å²) in [5, 5.41) is 6.76. The van der Waals surface area contributed by atoms with Crippen LogP contribution < -0.4 is 20.8 Å². The van der Waals surface area contributed by atoms with Crippen LogP contribution in [0.2, 0.25) is 0 Å². The first-order valence-corrected chi connectivity index (χ1v) is 8.19. The smallest absolute Gasteiger partial charge is 0.344 e. The van der Waals surface area contributed by atoms with E-state index in [1.54, 1.807) is 38.3 Å². The molecule has 0 spiro atoms. The van der Waals surface area contributed by atoms with Gasteiger partial charge >= 0.3 is 6.03 Å². The minimum absolute atomic E-state index is 0.209. The molecule has 1 aliphatic heterocycles. The van der Waals surface area contributed by atoms with Crippen LogP contribution in [0.1, 0.15) is 12.5 Å². The van der Waals surface area contributed by atoms with E-state index in [9.17, 15) is 9.59 Å². The highest BCUT2D eigenvalue weighted by Crippen LogP contribution is 2.30. The largest absolute Gasteiger partial charge is 0.497 e. The summed E-state index contributed by atoms with van der Waals surface area (Å²) in [4.78, 5) is 27.0. The summed E-state index contributed by atoms with van der Waals surface area (Å²) in [5.41, 5.74) is 2.08. The van der Waals surface area contributed by atoms with E-state index in [-0.39, 0.29) is 5.11 Å². The Bertz CT molecular complexity index is 681. The molecule has 9 heteroatoms. The lowest BCUT2D eigenvalue weighted by molar-refractivity contribution is -0.132. The lowest BCUT2D eigenvalue weighted by atomic mass is 9.92. The molecular weight excluding hydrogens is 342 g/mol. The number of likely N-dealkylation sites (N-methyl/N-ethyl adjacent to an activating group) is 1. The Kier molecular flexibility index (Phi) is 5.81. The fourth-order valence-electron chi connectivity index (χ4n) is 2.40. The third-order valence-corrected chi connectivity index (χ3v) is 4.13. The SMILES string of the molecule is COc1cccc([C@]2(C)NC(=O)N(NC(=S)NCCN(C)C)C2=O)c1. The van der Waals surface area contributed by atoms with Crippen LogP contribution in [-0.4, -0.2) is 61.3 Å². The van der Waals surface area contributed by atoms with Gasteiger partial charge in [0.1, 0.15) is 11.3 Å². The van der Waals surface area contributed by atoms with Crippen LogP contribution in [0.5, 0.6) is 5.75 Å². The summed E-state index contributed by atoms with van der Waals surface area (Å²) >= 11 is 5.15. The number of rotatable bonds is 6. The molecule has 3 N–H and O–H groups in total. The van der Waals surface area contributed by atoms with Gasteiger partial charge in [0.15, 0.2) is 5.11 Å². The Balaban J connectivity index is 2.09. The summed E-state index contributed by atoms with van der Waals surface area (Å²) in [6, 6.07) is 6.45. The van der Waals surface area contributed by atoms with Gasteiger partial charge in [-0.25, -0.2) is 4.79 Å². The molecule has 0 bridgehead atoms. The number of benzene rings is 1. The third kappa shape index (κ3) is 4.18. The predicted octanol–water partition coefficient (Wildman–Crippen LogP) is 0.403. The number of nitrogens with one attached hydrogen (secondary N) is 3. The van der Waals surface area contributed by atoms with E-state index in [1.807, 2.05) is 19.0 Å². The summed E-state index contributed by atoms with van der Waals surface area (Å²) < 4.78 is 5.19. The normalized spacial score (nSPS) is 19.8. The molecule has 0 aromatic heterocycles. The molecule has 1 heterocycles. The highest BCUT2D eigenvalue weighted by atomic mass is 32.1. The first-order valence-electron chi connectivity index (χ1n) is 7.78. The number of ether oxygens (including phenoxy) is 1. The zero-order chi connectivity index (χ0) is 18.6. The molecule has 1 fully saturated rings. The monoisotopic (exact) mass is 365 g/mol. The minimum atomic E-state index is -1.20. The number of carbonyl (C=O) groups is 2. The first kappa shape index (κ1) is 18.9. The first-order chi connectivity index (χ1) is 11.8. The molecule has 0 unspecified atom stereocenters. The van der Waals surface area contributed by atoms with Crippen molar-refractivity contribution in [3.8, 4) is 5.75 Å². The van der Waals surface area contributed by atoms with Gasteiger partial charge in [0.2, 0.25) is 0 Å². The van der Waals surface area contributed by atoms with E-state index < -0.39 is 17.5 Å². The van der Waals surface area contributed by atoms with Crippen LogP contribution in [-0.2, 0) is 10.3 Å². The maximum atomic E-state index is 12.8. The second-order valence-electron chi connectivity index (χ2n) is 6.10. The van der Waals surface area contributed by atoms with Crippen molar-refractivity contribution in [2.45, 2.75) is 12.5 Å². The van der Waals surface area contributed by atoms with Crippen molar-refractivity contribution < 1.29 is 14.3 Å². The van der Waals surface area contributed by atoms with Gasteiger partial charge in [-0.3, -0.25) is 10.2 Å². The molecule has 0 aliphatic carbocycles. The summed E-state index contributed by atoms with van der Waals surface area (Å²) in [6.45, 7) is 3.01. The quantitative estimate of drug-likeness (QED) is 0.497. The van der Waals surface area contributed by atoms with Gasteiger partial charge < -0.3 is 20.3 Å². The molecule has 25 heavy (non-hydrogen) atoms. The van der Waals surface area contributed by atoms with E-state index in [2.05, 4.69) is 16.1 Å². The second kappa shape index (κ2) is 7.66. The second-order valence-corrected chi connectivity index (χ2v) is 6.51. The Morgan fingerprint density at radius 3 is 2.76 bits per heavy atom. The zero-order valence-corrected chi connectivity index (χ0v) is 15.6. The van der Waals surface area contributed by atoms with Gasteiger partial charge in [0.25, 0.3) is 5.91 Å². The van der Waals surface area contributed by atoms with Crippen molar-refractivity contribution in [2.24, 2.45) is 0 Å². The van der Waals surface area contributed by atoms with Crippen LogP contribution >= 0.6 is 12.2 Å². The van der Waals surface area contributed by atoms with Crippen LogP contribution in [0.25, 0.3) is 0 Å². The van der Waals surface area contributed by atoms with E-state index >= 15 is 0 Å². The summed E-state index contributed by atoms with van der Waals surface area (Å²) in [6.07, 6.45) is 0. The number of urea groups is 1. The molecule has 1 saturated heterocycles. The number of methoxy groups -OCH3 is 1. The number of carbonyl (C=O) groups excluding carboxylic acids is 2. The zero-order valence-electron chi connectivity index (χ0n) is 14.8. The average Bonchev–Trinajstić information content (AvgIpc) is 2.79. The van der Waals surface area contributed by atoms with E-state index in [0.29, 0.717) is 17.9 Å². The van der Waals surface area contributed by atoms with Crippen molar-refractivity contribution >= 4 is 29.3 Å². The number of thiocarbonyl (C=S) groups is 1. The number of hydrazine groups is 1. The number of nitrogens with zero attached hydrogens (tertiary/aromatic N) is 2. The van der Waals surface area contributed by atoms with Gasteiger partial charge in [-0.1, -0.05) is 12.1 Å². The maximum absolute atomic E-state index is 12.8. The van der Waals surface area contributed by atoms with Crippen LogP contribution in [0.4, 0.5) is 4.79 Å². The van der Waals surface area contributed by atoms with Crippen molar-refractivity contribution in [1.82, 2.24) is 26.0 Å². The Morgan fingerprint density at radius 1 is 1.40 bits per heavy atom. The van der Waals surface area contributed by atoms with E-state index in [0.717, 1.165) is 11.6 Å². The standard InChI is InChI=1S/C16H23N5O3S/c1-16(11-6-5-7-12(10-11)24-4)13(22)21(15(23)18-16)19-14(25)17-8-9-20(2)3/h5-7,10H,8-9H2,1-4H3,(H,18,23)(H2,17,19,25)/t16-/m0/s1. The molecule has 2 rings (SSSR count). The number of hydrogen-bond donors (Lipinski definition) is 3.